The Hall–Kier alpha value is -3.71. The van der Waals surface area contributed by atoms with E-state index >= 15 is 0 Å². The van der Waals surface area contributed by atoms with Crippen LogP contribution >= 0.6 is 0 Å². The average molecular weight is 443 g/mol. The number of amides is 1. The Labute approximate surface area is 191 Å². The van der Waals surface area contributed by atoms with E-state index in [1.54, 1.807) is 12.3 Å². The molecule has 4 aromatic rings. The molecule has 1 aliphatic heterocycles. The molecule has 5 rings (SSSR count). The topological polar surface area (TPSA) is 87.5 Å². The molecule has 1 saturated heterocycles. The highest BCUT2D eigenvalue weighted by Crippen LogP contribution is 2.24. The summed E-state index contributed by atoms with van der Waals surface area (Å²) in [6.07, 6.45) is 3.57. The van der Waals surface area contributed by atoms with Crippen molar-refractivity contribution in [3.8, 4) is 0 Å². The number of pyridine rings is 1. The maximum absolute atomic E-state index is 12.5. The molecule has 168 valence electrons. The number of hydrogen-bond acceptors (Lipinski definition) is 6. The van der Waals surface area contributed by atoms with Crippen molar-refractivity contribution < 1.29 is 9.21 Å². The molecule has 2 aromatic carbocycles. The first-order valence-corrected chi connectivity index (χ1v) is 11.3. The first-order valence-electron chi connectivity index (χ1n) is 11.3. The summed E-state index contributed by atoms with van der Waals surface area (Å²) in [6.45, 7) is 2.42. The van der Waals surface area contributed by atoms with Crippen LogP contribution in [0.5, 0.6) is 0 Å². The molecule has 2 aromatic heterocycles. The van der Waals surface area contributed by atoms with Crippen molar-refractivity contribution in [3.63, 3.8) is 0 Å². The second-order valence-corrected chi connectivity index (χ2v) is 8.43. The van der Waals surface area contributed by atoms with Crippen molar-refractivity contribution in [2.75, 3.05) is 25.0 Å². The lowest BCUT2D eigenvalue weighted by molar-refractivity contribution is -0.122. The molecule has 1 aliphatic rings. The first kappa shape index (κ1) is 21.2. The maximum Gasteiger partial charge on any atom is 0.338 e. The second kappa shape index (κ2) is 9.42. The molecule has 1 fully saturated rings. The van der Waals surface area contributed by atoms with Gasteiger partial charge < -0.3 is 15.1 Å². The number of nitrogens with zero attached hydrogens (tertiary/aromatic N) is 2. The van der Waals surface area contributed by atoms with Gasteiger partial charge in [0.2, 0.25) is 5.91 Å². The second-order valence-electron chi connectivity index (χ2n) is 8.43. The molecule has 2 N–H and O–H groups in total. The lowest BCUT2D eigenvalue weighted by atomic mass is 10.0. The molecule has 0 aliphatic carbocycles. The van der Waals surface area contributed by atoms with Gasteiger partial charge >= 0.3 is 5.63 Å². The van der Waals surface area contributed by atoms with Gasteiger partial charge in [0.15, 0.2) is 0 Å². The van der Waals surface area contributed by atoms with E-state index in [-0.39, 0.29) is 17.6 Å². The third-order valence-corrected chi connectivity index (χ3v) is 6.17. The molecule has 7 heteroatoms. The van der Waals surface area contributed by atoms with Crippen LogP contribution in [0.25, 0.3) is 21.7 Å². The molecule has 7 nitrogen and oxygen atoms in total. The summed E-state index contributed by atoms with van der Waals surface area (Å²) in [5.74, 6) is 0.00260. The highest BCUT2D eigenvalue weighted by molar-refractivity contribution is 5.89. The Kier molecular flexibility index (Phi) is 6.04. The predicted octanol–water partition coefficient (Wildman–Crippen LogP) is 3.53. The fourth-order valence-electron chi connectivity index (χ4n) is 4.45. The molecule has 0 atom stereocenters. The van der Waals surface area contributed by atoms with Gasteiger partial charge in [-0.05, 0) is 36.4 Å². The summed E-state index contributed by atoms with van der Waals surface area (Å²) in [5.41, 5.74) is 1.91. The molecule has 3 heterocycles. The number of piperidine rings is 1. The number of benzene rings is 2. The number of aromatic nitrogens is 1. The average Bonchev–Trinajstić information content (AvgIpc) is 2.84. The summed E-state index contributed by atoms with van der Waals surface area (Å²) < 4.78 is 5.28. The van der Waals surface area contributed by atoms with Crippen molar-refractivity contribution in [2.24, 2.45) is 0 Å². The van der Waals surface area contributed by atoms with E-state index in [0.717, 1.165) is 53.5 Å². The van der Waals surface area contributed by atoms with Crippen LogP contribution < -0.4 is 16.3 Å². The number of likely N-dealkylation sites (tertiary alicyclic amines) is 1. The largest absolute Gasteiger partial charge is 0.423 e. The van der Waals surface area contributed by atoms with Crippen LogP contribution in [0.15, 0.2) is 76.1 Å². The SMILES string of the molecule is O=C(CN1CCC(Nc2cc(=O)oc3ccccc23)CC1)NCc1nccc2ccccc12. The molecular weight excluding hydrogens is 416 g/mol. The van der Waals surface area contributed by atoms with Crippen molar-refractivity contribution in [1.82, 2.24) is 15.2 Å². The fourth-order valence-corrected chi connectivity index (χ4v) is 4.45. The fraction of sp³-hybridized carbons (Fsp3) is 0.269. The summed E-state index contributed by atoms with van der Waals surface area (Å²) in [6, 6.07) is 19.3. The minimum Gasteiger partial charge on any atom is -0.423 e. The lowest BCUT2D eigenvalue weighted by Gasteiger charge is -2.32. The van der Waals surface area contributed by atoms with Gasteiger partial charge in [-0.25, -0.2) is 4.79 Å². The van der Waals surface area contributed by atoms with Gasteiger partial charge in [-0.15, -0.1) is 0 Å². The molecule has 33 heavy (non-hydrogen) atoms. The van der Waals surface area contributed by atoms with E-state index in [0.29, 0.717) is 18.7 Å². The third kappa shape index (κ3) is 4.88. The Morgan fingerprint density at radius 1 is 1.03 bits per heavy atom. The van der Waals surface area contributed by atoms with Crippen LogP contribution in [0, 0.1) is 0 Å². The molecule has 1 amide bonds. The number of carbonyl (C=O) groups is 1. The van der Waals surface area contributed by atoms with Crippen molar-refractivity contribution in [1.29, 1.82) is 0 Å². The zero-order valence-corrected chi connectivity index (χ0v) is 18.3. The van der Waals surface area contributed by atoms with Crippen LogP contribution in [-0.4, -0.2) is 41.5 Å². The van der Waals surface area contributed by atoms with Crippen LogP contribution in [0.4, 0.5) is 5.69 Å². The van der Waals surface area contributed by atoms with Crippen LogP contribution in [0.2, 0.25) is 0 Å². The number of para-hydroxylation sites is 1. The number of fused-ring (bicyclic) bond motifs is 2. The predicted molar refractivity (Wildman–Crippen MR) is 129 cm³/mol. The third-order valence-electron chi connectivity index (χ3n) is 6.17. The summed E-state index contributed by atoms with van der Waals surface area (Å²) in [5, 5.41) is 9.61. The quantitative estimate of drug-likeness (QED) is 0.444. The van der Waals surface area contributed by atoms with Gasteiger partial charge in [0.25, 0.3) is 0 Å². The minimum absolute atomic E-state index is 0.00260. The number of rotatable bonds is 6. The standard InChI is InChI=1S/C26H26N4O3/c31-25(28-16-23-20-6-2-1-5-18(20)9-12-27-23)17-30-13-10-19(11-14-30)29-22-15-26(32)33-24-8-4-3-7-21(22)24/h1-9,12,15,19,29H,10-11,13-14,16-17H2,(H,28,31). The molecule has 0 saturated carbocycles. The van der Waals surface area contributed by atoms with Gasteiger partial charge in [0.05, 0.1) is 24.5 Å². The van der Waals surface area contributed by atoms with Crippen LogP contribution in [0.3, 0.4) is 0 Å². The molecular formula is C26H26N4O3. The maximum atomic E-state index is 12.5. The van der Waals surface area contributed by atoms with E-state index < -0.39 is 0 Å². The molecule has 0 radical (unpaired) electrons. The summed E-state index contributed by atoms with van der Waals surface area (Å²) in [7, 11) is 0. The van der Waals surface area contributed by atoms with Crippen LogP contribution in [-0.2, 0) is 11.3 Å². The number of hydrogen-bond donors (Lipinski definition) is 2. The number of anilines is 1. The van der Waals surface area contributed by atoms with Crippen molar-refractivity contribution in [3.05, 3.63) is 83.0 Å². The van der Waals surface area contributed by atoms with Gasteiger partial charge in [-0.3, -0.25) is 14.7 Å². The monoisotopic (exact) mass is 442 g/mol. The summed E-state index contributed by atoms with van der Waals surface area (Å²) >= 11 is 0. The Bertz CT molecular complexity index is 1340. The normalized spacial score (nSPS) is 15.0. The number of carbonyl (C=O) groups excluding carboxylic acids is 1. The van der Waals surface area contributed by atoms with Crippen molar-refractivity contribution in [2.45, 2.75) is 25.4 Å². The number of nitrogens with one attached hydrogen (secondary N) is 2. The van der Waals surface area contributed by atoms with E-state index in [1.807, 2.05) is 48.5 Å². The van der Waals surface area contributed by atoms with Gasteiger partial charge in [0, 0.05) is 42.2 Å². The van der Waals surface area contributed by atoms with Crippen molar-refractivity contribution >= 4 is 33.3 Å². The zero-order chi connectivity index (χ0) is 22.6. The van der Waals surface area contributed by atoms with E-state index in [2.05, 4.69) is 20.5 Å². The molecule has 0 spiro atoms. The molecule has 0 unspecified atom stereocenters. The van der Waals surface area contributed by atoms with E-state index in [1.165, 1.54) is 6.07 Å². The molecule has 0 bridgehead atoms. The van der Waals surface area contributed by atoms with Crippen LogP contribution in [0.1, 0.15) is 18.5 Å². The minimum atomic E-state index is -0.356. The zero-order valence-electron chi connectivity index (χ0n) is 18.3. The van der Waals surface area contributed by atoms with Gasteiger partial charge in [-0.1, -0.05) is 36.4 Å². The van der Waals surface area contributed by atoms with Gasteiger partial charge in [-0.2, -0.15) is 0 Å². The Morgan fingerprint density at radius 2 is 1.79 bits per heavy atom. The lowest BCUT2D eigenvalue weighted by Crippen LogP contribution is -2.44. The van der Waals surface area contributed by atoms with Gasteiger partial charge in [0.1, 0.15) is 5.58 Å². The summed E-state index contributed by atoms with van der Waals surface area (Å²) in [4.78, 5) is 31.0. The van der Waals surface area contributed by atoms with E-state index in [4.69, 9.17) is 4.42 Å². The smallest absolute Gasteiger partial charge is 0.338 e. The highest BCUT2D eigenvalue weighted by atomic mass is 16.4. The Morgan fingerprint density at radius 3 is 2.64 bits per heavy atom. The van der Waals surface area contributed by atoms with E-state index in [9.17, 15) is 9.59 Å². The Balaban J connectivity index is 1.14. The highest BCUT2D eigenvalue weighted by Gasteiger charge is 2.21. The first-order chi connectivity index (χ1) is 16.2.